The van der Waals surface area contributed by atoms with Crippen molar-refractivity contribution in [3.63, 3.8) is 0 Å². The average Bonchev–Trinajstić information content (AvgIpc) is 2.27. The number of carbonyl (C=O) groups is 2. The third kappa shape index (κ3) is 6.91. The van der Waals surface area contributed by atoms with Crippen molar-refractivity contribution >= 4 is 11.9 Å². The summed E-state index contributed by atoms with van der Waals surface area (Å²) in [7, 11) is 0. The van der Waals surface area contributed by atoms with Crippen LogP contribution >= 0.6 is 0 Å². The highest BCUT2D eigenvalue weighted by Gasteiger charge is 2.18. The lowest BCUT2D eigenvalue weighted by atomic mass is 10.1. The van der Waals surface area contributed by atoms with Crippen LogP contribution in [0.25, 0.3) is 0 Å². The number of aliphatic carboxylic acids is 1. The number of carboxylic acid groups (broad SMARTS) is 1. The molecule has 0 fully saturated rings. The van der Waals surface area contributed by atoms with Crippen LogP contribution in [0, 0.1) is 5.92 Å². The van der Waals surface area contributed by atoms with Crippen LogP contribution in [0.3, 0.4) is 0 Å². The lowest BCUT2D eigenvalue weighted by Gasteiger charge is -2.18. The molecule has 6 nitrogen and oxygen atoms in total. The topological polar surface area (TPSA) is 102 Å². The second kappa shape index (κ2) is 8.95. The first-order valence-corrected chi connectivity index (χ1v) is 5.86. The molecule has 0 aromatic rings. The molecule has 0 aliphatic carbocycles. The Balaban J connectivity index is 4.10. The lowest BCUT2D eigenvalue weighted by molar-refractivity contribution is -0.140. The van der Waals surface area contributed by atoms with Crippen LogP contribution in [0.15, 0.2) is 0 Å². The Labute approximate surface area is 102 Å². The van der Waals surface area contributed by atoms with Gasteiger partial charge in [0.15, 0.2) is 0 Å². The van der Waals surface area contributed by atoms with E-state index in [1.165, 1.54) is 0 Å². The fraction of sp³-hybridized carbons (Fsp3) is 0.818. The molecule has 1 amide bonds. The first-order chi connectivity index (χ1) is 8.04. The van der Waals surface area contributed by atoms with Crippen molar-refractivity contribution in [1.29, 1.82) is 0 Å². The summed E-state index contributed by atoms with van der Waals surface area (Å²) in [5, 5.41) is 11.3. The van der Waals surface area contributed by atoms with Crippen LogP contribution in [0.4, 0.5) is 0 Å². The third-order valence-electron chi connectivity index (χ3n) is 2.46. The maximum Gasteiger partial charge on any atom is 0.306 e. The predicted molar refractivity (Wildman–Crippen MR) is 63.5 cm³/mol. The van der Waals surface area contributed by atoms with Crippen molar-refractivity contribution < 1.29 is 19.4 Å². The molecule has 2 unspecified atom stereocenters. The van der Waals surface area contributed by atoms with Gasteiger partial charge in [0.25, 0.3) is 0 Å². The Morgan fingerprint density at radius 3 is 2.47 bits per heavy atom. The predicted octanol–water partition coefficient (Wildman–Crippen LogP) is -0.0327. The smallest absolute Gasteiger partial charge is 0.306 e. The van der Waals surface area contributed by atoms with Gasteiger partial charge in [-0.25, -0.2) is 0 Å². The number of hydrogen-bond acceptors (Lipinski definition) is 4. The highest BCUT2D eigenvalue weighted by molar-refractivity contribution is 5.78. The van der Waals surface area contributed by atoms with Gasteiger partial charge in [-0.3, -0.25) is 9.59 Å². The van der Waals surface area contributed by atoms with E-state index >= 15 is 0 Å². The number of amides is 1. The average molecular weight is 246 g/mol. The van der Waals surface area contributed by atoms with Crippen molar-refractivity contribution in [1.82, 2.24) is 5.32 Å². The molecular formula is C11H22N2O4. The normalized spacial score (nSPS) is 14.1. The van der Waals surface area contributed by atoms with Crippen molar-refractivity contribution in [3.05, 3.63) is 0 Å². The number of nitrogens with two attached hydrogens (primary N) is 1. The zero-order valence-corrected chi connectivity index (χ0v) is 10.4. The quantitative estimate of drug-likeness (QED) is 0.530. The van der Waals surface area contributed by atoms with E-state index in [0.29, 0.717) is 19.6 Å². The molecule has 0 rings (SSSR count). The van der Waals surface area contributed by atoms with Gasteiger partial charge in [0, 0.05) is 25.6 Å². The summed E-state index contributed by atoms with van der Waals surface area (Å²) in [5.41, 5.74) is 5.44. The minimum absolute atomic E-state index is 0.118. The van der Waals surface area contributed by atoms with E-state index < -0.39 is 12.1 Å². The van der Waals surface area contributed by atoms with E-state index in [0.717, 1.165) is 0 Å². The minimum atomic E-state index is -0.941. The minimum Gasteiger partial charge on any atom is -0.481 e. The van der Waals surface area contributed by atoms with Gasteiger partial charge in [0.05, 0.1) is 12.5 Å². The number of hydrogen-bond donors (Lipinski definition) is 3. The van der Waals surface area contributed by atoms with E-state index in [1.807, 2.05) is 6.92 Å². The van der Waals surface area contributed by atoms with E-state index in [-0.39, 0.29) is 24.8 Å². The number of nitrogens with one attached hydrogen (secondary N) is 1. The monoisotopic (exact) mass is 246 g/mol. The molecule has 100 valence electrons. The molecule has 0 aliphatic rings. The van der Waals surface area contributed by atoms with Gasteiger partial charge in [-0.05, 0) is 13.3 Å². The summed E-state index contributed by atoms with van der Waals surface area (Å²) >= 11 is 0. The van der Waals surface area contributed by atoms with Gasteiger partial charge in [-0.1, -0.05) is 6.92 Å². The highest BCUT2D eigenvalue weighted by atomic mass is 16.5. The van der Waals surface area contributed by atoms with Crippen LogP contribution in [0.5, 0.6) is 0 Å². The molecule has 0 aromatic heterocycles. The standard InChI is InChI=1S/C11H22N2O4/c1-3-8(6-12)11(16)13-7-9(17-4-2)5-10(14)15/h8-9H,3-7,12H2,1-2H3,(H,13,16)(H,14,15). The zero-order valence-electron chi connectivity index (χ0n) is 10.4. The number of rotatable bonds is 9. The van der Waals surface area contributed by atoms with Crippen molar-refractivity contribution in [3.8, 4) is 0 Å². The largest absolute Gasteiger partial charge is 0.481 e. The molecule has 0 saturated carbocycles. The van der Waals surface area contributed by atoms with Crippen LogP contribution < -0.4 is 11.1 Å². The first-order valence-electron chi connectivity index (χ1n) is 5.86. The van der Waals surface area contributed by atoms with Crippen molar-refractivity contribution in [2.45, 2.75) is 32.8 Å². The van der Waals surface area contributed by atoms with Gasteiger partial charge >= 0.3 is 5.97 Å². The molecule has 2 atom stereocenters. The summed E-state index contributed by atoms with van der Waals surface area (Å²) < 4.78 is 5.22. The Morgan fingerprint density at radius 1 is 1.41 bits per heavy atom. The molecule has 0 aliphatic heterocycles. The second-order valence-electron chi connectivity index (χ2n) is 3.76. The van der Waals surface area contributed by atoms with E-state index in [1.54, 1.807) is 6.92 Å². The molecule has 6 heteroatoms. The Hall–Kier alpha value is -1.14. The van der Waals surface area contributed by atoms with Crippen molar-refractivity contribution in [2.24, 2.45) is 11.7 Å². The second-order valence-corrected chi connectivity index (χ2v) is 3.76. The van der Waals surface area contributed by atoms with Crippen LogP contribution in [-0.4, -0.2) is 42.8 Å². The van der Waals surface area contributed by atoms with Gasteiger partial charge in [0.2, 0.25) is 5.91 Å². The Bertz CT molecular complexity index is 242. The van der Waals surface area contributed by atoms with E-state index in [2.05, 4.69) is 5.32 Å². The van der Waals surface area contributed by atoms with Gasteiger partial charge in [-0.15, -0.1) is 0 Å². The summed E-state index contributed by atoms with van der Waals surface area (Å²) in [5.74, 6) is -1.31. The van der Waals surface area contributed by atoms with Crippen LogP contribution in [-0.2, 0) is 14.3 Å². The Kier molecular flexibility index (Phi) is 8.35. The Morgan fingerprint density at radius 2 is 2.06 bits per heavy atom. The molecular weight excluding hydrogens is 224 g/mol. The third-order valence-corrected chi connectivity index (χ3v) is 2.46. The van der Waals surface area contributed by atoms with Gasteiger partial charge in [-0.2, -0.15) is 0 Å². The number of carbonyl (C=O) groups excluding carboxylic acids is 1. The van der Waals surface area contributed by atoms with E-state index in [9.17, 15) is 9.59 Å². The van der Waals surface area contributed by atoms with Crippen molar-refractivity contribution in [2.75, 3.05) is 19.7 Å². The molecule has 17 heavy (non-hydrogen) atoms. The van der Waals surface area contributed by atoms with E-state index in [4.69, 9.17) is 15.6 Å². The molecule has 0 radical (unpaired) electrons. The summed E-state index contributed by atoms with van der Waals surface area (Å²) in [4.78, 5) is 22.2. The molecule has 0 spiro atoms. The lowest BCUT2D eigenvalue weighted by Crippen LogP contribution is -2.40. The number of ether oxygens (including phenoxy) is 1. The molecule has 0 heterocycles. The molecule has 4 N–H and O–H groups in total. The number of carboxylic acids is 1. The van der Waals surface area contributed by atoms with Gasteiger partial charge in [0.1, 0.15) is 0 Å². The highest BCUT2D eigenvalue weighted by Crippen LogP contribution is 2.02. The van der Waals surface area contributed by atoms with Crippen LogP contribution in [0.1, 0.15) is 26.7 Å². The zero-order chi connectivity index (χ0) is 13.3. The first kappa shape index (κ1) is 15.9. The maximum atomic E-state index is 11.6. The SMILES string of the molecule is CCOC(CNC(=O)C(CC)CN)CC(=O)O. The van der Waals surface area contributed by atoms with Crippen LogP contribution in [0.2, 0.25) is 0 Å². The summed E-state index contributed by atoms with van der Waals surface area (Å²) in [6.07, 6.45) is 0.0606. The molecule has 0 aromatic carbocycles. The molecule has 0 saturated heterocycles. The molecule has 0 bridgehead atoms. The fourth-order valence-electron chi connectivity index (χ4n) is 1.44. The van der Waals surface area contributed by atoms with Gasteiger partial charge < -0.3 is 20.9 Å². The summed E-state index contributed by atoms with van der Waals surface area (Å²) in [6, 6.07) is 0. The fourth-order valence-corrected chi connectivity index (χ4v) is 1.44. The summed E-state index contributed by atoms with van der Waals surface area (Å²) in [6.45, 7) is 4.58. The maximum absolute atomic E-state index is 11.6.